The summed E-state index contributed by atoms with van der Waals surface area (Å²) < 4.78 is 56.8. The normalized spacial score (nSPS) is 12.5. The molecule has 0 spiro atoms. The second kappa shape index (κ2) is 12.5. The molecule has 4 nitrogen and oxygen atoms in total. The number of rotatable bonds is 12. The molecular formula is C28H33F3O4S. The Morgan fingerprint density at radius 2 is 1.81 bits per heavy atom. The summed E-state index contributed by atoms with van der Waals surface area (Å²) in [6.07, 6.45) is -0.965. The van der Waals surface area contributed by atoms with Crippen LogP contribution in [0.4, 0.5) is 13.2 Å². The van der Waals surface area contributed by atoms with Crippen molar-refractivity contribution in [3.05, 3.63) is 58.0 Å². The zero-order valence-electron chi connectivity index (χ0n) is 21.2. The molecule has 2 aromatic carbocycles. The van der Waals surface area contributed by atoms with Crippen molar-refractivity contribution in [1.29, 1.82) is 0 Å². The van der Waals surface area contributed by atoms with E-state index in [-0.39, 0.29) is 12.5 Å². The van der Waals surface area contributed by atoms with Crippen LogP contribution in [-0.2, 0) is 22.1 Å². The van der Waals surface area contributed by atoms with Crippen LogP contribution in [0.1, 0.15) is 67.5 Å². The minimum absolute atomic E-state index is 0.140. The lowest BCUT2D eigenvalue weighted by Crippen LogP contribution is -2.15. The fraction of sp³-hybridized carbons (Fsp3) is 0.464. The number of carbonyl (C=O) groups excluding carboxylic acids is 1. The molecular weight excluding hydrogens is 489 g/mol. The second-order valence-electron chi connectivity index (χ2n) is 8.64. The Bertz CT molecular complexity index is 1170. The molecule has 0 N–H and O–H groups in total. The highest BCUT2D eigenvalue weighted by Crippen LogP contribution is 2.41. The second-order valence-corrected chi connectivity index (χ2v) is 9.72. The first-order valence-corrected chi connectivity index (χ1v) is 13.1. The van der Waals surface area contributed by atoms with Crippen LogP contribution in [0.2, 0.25) is 0 Å². The van der Waals surface area contributed by atoms with Gasteiger partial charge in [0.2, 0.25) is 0 Å². The number of esters is 1. The minimum atomic E-state index is -4.35. The summed E-state index contributed by atoms with van der Waals surface area (Å²) >= 11 is 1.46. The van der Waals surface area contributed by atoms with E-state index in [0.29, 0.717) is 35.8 Å². The van der Waals surface area contributed by atoms with E-state index in [1.54, 1.807) is 19.1 Å². The van der Waals surface area contributed by atoms with Crippen LogP contribution < -0.4 is 9.47 Å². The van der Waals surface area contributed by atoms with Crippen molar-refractivity contribution in [3.8, 4) is 11.5 Å². The summed E-state index contributed by atoms with van der Waals surface area (Å²) in [5.41, 5.74) is 1.38. The van der Waals surface area contributed by atoms with E-state index in [9.17, 15) is 18.0 Å². The van der Waals surface area contributed by atoms with Crippen LogP contribution >= 0.6 is 11.3 Å². The number of thiophene rings is 1. The van der Waals surface area contributed by atoms with Gasteiger partial charge in [0.05, 0.1) is 18.8 Å². The highest BCUT2D eigenvalue weighted by atomic mass is 32.1. The van der Waals surface area contributed by atoms with Crippen LogP contribution in [0.3, 0.4) is 0 Å². The third-order valence-corrected chi connectivity index (χ3v) is 7.53. The van der Waals surface area contributed by atoms with Crippen molar-refractivity contribution < 1.29 is 32.2 Å². The molecule has 0 aliphatic carbocycles. The molecule has 8 heteroatoms. The van der Waals surface area contributed by atoms with E-state index in [0.717, 1.165) is 46.7 Å². The molecule has 0 bridgehead atoms. The van der Waals surface area contributed by atoms with Crippen molar-refractivity contribution in [1.82, 2.24) is 0 Å². The van der Waals surface area contributed by atoms with Gasteiger partial charge in [-0.15, -0.1) is 11.3 Å². The molecule has 1 aromatic heterocycles. The van der Waals surface area contributed by atoms with E-state index in [2.05, 4.69) is 6.92 Å². The molecule has 196 valence electrons. The summed E-state index contributed by atoms with van der Waals surface area (Å²) in [5.74, 6) is 1.14. The number of benzene rings is 2. The van der Waals surface area contributed by atoms with E-state index in [1.165, 1.54) is 17.4 Å². The SMILES string of the molecule is CCCC(CCOc1ccc(OCC(=O)OCC)c(CC)c1)c1sc2cc(C(F)(F)F)ccc2c1C. The van der Waals surface area contributed by atoms with Crippen LogP contribution in [0.15, 0.2) is 36.4 Å². The summed E-state index contributed by atoms with van der Waals surface area (Å²) in [6, 6.07) is 9.54. The average Bonchev–Trinajstić information content (AvgIpc) is 3.17. The molecule has 36 heavy (non-hydrogen) atoms. The molecule has 1 atom stereocenters. The van der Waals surface area contributed by atoms with Crippen LogP contribution in [0.5, 0.6) is 11.5 Å². The monoisotopic (exact) mass is 522 g/mol. The molecule has 0 radical (unpaired) electrons. The average molecular weight is 523 g/mol. The first-order valence-electron chi connectivity index (χ1n) is 12.3. The Kier molecular flexibility index (Phi) is 9.65. The minimum Gasteiger partial charge on any atom is -0.494 e. The van der Waals surface area contributed by atoms with Crippen molar-refractivity contribution in [2.75, 3.05) is 19.8 Å². The number of hydrogen-bond donors (Lipinski definition) is 0. The summed E-state index contributed by atoms with van der Waals surface area (Å²) in [6.45, 7) is 8.51. The topological polar surface area (TPSA) is 44.8 Å². The number of alkyl halides is 3. The largest absolute Gasteiger partial charge is 0.494 e. The summed E-state index contributed by atoms with van der Waals surface area (Å²) in [7, 11) is 0. The van der Waals surface area contributed by atoms with E-state index >= 15 is 0 Å². The molecule has 0 saturated carbocycles. The van der Waals surface area contributed by atoms with Crippen LogP contribution in [0.25, 0.3) is 10.1 Å². The van der Waals surface area contributed by atoms with Gasteiger partial charge in [-0.05, 0) is 85.9 Å². The van der Waals surface area contributed by atoms with Gasteiger partial charge in [0, 0.05) is 9.58 Å². The number of fused-ring (bicyclic) bond motifs is 1. The Hall–Kier alpha value is -2.74. The zero-order valence-corrected chi connectivity index (χ0v) is 22.0. The van der Waals surface area contributed by atoms with Crippen molar-refractivity contribution >= 4 is 27.4 Å². The number of halogens is 3. The first-order chi connectivity index (χ1) is 17.2. The van der Waals surface area contributed by atoms with Crippen molar-refractivity contribution in [3.63, 3.8) is 0 Å². The van der Waals surface area contributed by atoms with E-state index in [1.807, 2.05) is 26.0 Å². The maximum atomic E-state index is 13.2. The van der Waals surface area contributed by atoms with Gasteiger partial charge in [-0.1, -0.05) is 26.3 Å². The number of hydrogen-bond acceptors (Lipinski definition) is 5. The predicted octanol–water partition coefficient (Wildman–Crippen LogP) is 8.09. The smallest absolute Gasteiger partial charge is 0.416 e. The van der Waals surface area contributed by atoms with Crippen molar-refractivity contribution in [2.45, 2.75) is 65.5 Å². The Morgan fingerprint density at radius 3 is 2.47 bits per heavy atom. The Labute approximate surface area is 214 Å². The number of ether oxygens (including phenoxy) is 3. The predicted molar refractivity (Wildman–Crippen MR) is 137 cm³/mol. The lowest BCUT2D eigenvalue weighted by molar-refractivity contribution is -0.145. The van der Waals surface area contributed by atoms with Gasteiger partial charge >= 0.3 is 12.1 Å². The molecule has 0 amide bonds. The maximum Gasteiger partial charge on any atom is 0.416 e. The highest BCUT2D eigenvalue weighted by Gasteiger charge is 2.31. The lowest BCUT2D eigenvalue weighted by atomic mass is 9.95. The van der Waals surface area contributed by atoms with E-state index in [4.69, 9.17) is 14.2 Å². The molecule has 0 fully saturated rings. The van der Waals surface area contributed by atoms with Crippen LogP contribution in [-0.4, -0.2) is 25.8 Å². The first kappa shape index (κ1) is 27.8. The Balaban J connectivity index is 1.69. The Morgan fingerprint density at radius 1 is 1.03 bits per heavy atom. The number of aryl methyl sites for hydroxylation is 2. The van der Waals surface area contributed by atoms with Crippen molar-refractivity contribution in [2.24, 2.45) is 0 Å². The molecule has 1 heterocycles. The molecule has 0 aliphatic rings. The highest BCUT2D eigenvalue weighted by molar-refractivity contribution is 7.19. The van der Waals surface area contributed by atoms with Gasteiger partial charge in [0.25, 0.3) is 0 Å². The molecule has 3 aromatic rings. The van der Waals surface area contributed by atoms with Gasteiger partial charge in [0.1, 0.15) is 11.5 Å². The summed E-state index contributed by atoms with van der Waals surface area (Å²) in [4.78, 5) is 12.7. The zero-order chi connectivity index (χ0) is 26.3. The van der Waals surface area contributed by atoms with Gasteiger partial charge in [0.15, 0.2) is 6.61 Å². The molecule has 3 rings (SSSR count). The van der Waals surface area contributed by atoms with Gasteiger partial charge < -0.3 is 14.2 Å². The molecule has 1 unspecified atom stereocenters. The van der Waals surface area contributed by atoms with E-state index < -0.39 is 17.7 Å². The van der Waals surface area contributed by atoms with Gasteiger partial charge in [-0.2, -0.15) is 13.2 Å². The number of carbonyl (C=O) groups is 1. The van der Waals surface area contributed by atoms with Crippen LogP contribution in [0, 0.1) is 6.92 Å². The fourth-order valence-corrected chi connectivity index (χ4v) is 5.71. The quantitative estimate of drug-likeness (QED) is 0.226. The fourth-order valence-electron chi connectivity index (χ4n) is 4.29. The lowest BCUT2D eigenvalue weighted by Gasteiger charge is -2.17. The standard InChI is InChI=1S/C28H33F3O4S/c1-5-8-20(27-18(4)23-11-9-21(28(29,30)31)16-25(23)36-27)13-14-34-22-10-12-24(19(6-2)15-22)35-17-26(32)33-7-3/h9-12,15-16,20H,5-8,13-14,17H2,1-4H3. The molecule has 0 aliphatic heterocycles. The summed E-state index contributed by atoms with van der Waals surface area (Å²) in [5, 5.41) is 0.885. The molecule has 0 saturated heterocycles. The van der Waals surface area contributed by atoms with Gasteiger partial charge in [-0.25, -0.2) is 4.79 Å². The third kappa shape index (κ3) is 6.93. The maximum absolute atomic E-state index is 13.2. The third-order valence-electron chi connectivity index (χ3n) is 6.11. The van der Waals surface area contributed by atoms with Gasteiger partial charge in [-0.3, -0.25) is 0 Å².